The molecule has 0 saturated heterocycles. The molecule has 0 radical (unpaired) electrons. The van der Waals surface area contributed by atoms with E-state index in [1.807, 2.05) is 67.7 Å². The van der Waals surface area contributed by atoms with Crippen molar-refractivity contribution in [3.63, 3.8) is 0 Å². The Morgan fingerprint density at radius 1 is 0.966 bits per heavy atom. The summed E-state index contributed by atoms with van der Waals surface area (Å²) in [5, 5.41) is 9.23. The number of aromatic nitrogens is 1. The zero-order chi connectivity index (χ0) is 20.1. The summed E-state index contributed by atoms with van der Waals surface area (Å²) in [4.78, 5) is 6.63. The maximum Gasteiger partial charge on any atom is 0.231 e. The largest absolute Gasteiger partial charge is 0.492 e. The van der Waals surface area contributed by atoms with Gasteiger partial charge in [0.05, 0.1) is 21.8 Å². The molecule has 0 aliphatic carbocycles. The van der Waals surface area contributed by atoms with Gasteiger partial charge >= 0.3 is 0 Å². The van der Waals surface area contributed by atoms with Crippen molar-refractivity contribution in [2.24, 2.45) is 10.2 Å². The van der Waals surface area contributed by atoms with E-state index < -0.39 is 0 Å². The highest BCUT2D eigenvalue weighted by Gasteiger charge is 2.06. The van der Waals surface area contributed by atoms with Crippen LogP contribution in [0, 0.1) is 0 Å². The fourth-order valence-corrected chi connectivity index (χ4v) is 3.72. The van der Waals surface area contributed by atoms with E-state index in [1.54, 1.807) is 0 Å². The third-order valence-electron chi connectivity index (χ3n) is 4.33. The van der Waals surface area contributed by atoms with E-state index in [-0.39, 0.29) is 0 Å². The number of rotatable bonds is 7. The predicted octanol–water partition coefficient (Wildman–Crippen LogP) is 7.10. The van der Waals surface area contributed by atoms with Gasteiger partial charge in [-0.15, -0.1) is 21.8 Å². The molecule has 29 heavy (non-hydrogen) atoms. The van der Waals surface area contributed by atoms with Gasteiger partial charge in [0.1, 0.15) is 12.4 Å². The second kappa shape index (κ2) is 9.03. The van der Waals surface area contributed by atoms with Gasteiger partial charge in [-0.05, 0) is 54.6 Å². The van der Waals surface area contributed by atoms with E-state index in [0.717, 1.165) is 33.0 Å². The average Bonchev–Trinajstić information content (AvgIpc) is 3.19. The average molecular weight is 423 g/mol. The molecule has 0 saturated carbocycles. The molecule has 1 aromatic heterocycles. The lowest BCUT2D eigenvalue weighted by Crippen LogP contribution is -2.08. The van der Waals surface area contributed by atoms with Crippen molar-refractivity contribution in [3.8, 4) is 5.75 Å². The molecule has 0 amide bonds. The molecule has 0 aliphatic heterocycles. The highest BCUT2D eigenvalue weighted by molar-refractivity contribution is 7.21. The number of hydrogen-bond acceptors (Lipinski definition) is 6. The van der Waals surface area contributed by atoms with Crippen LogP contribution in [0.25, 0.3) is 10.2 Å². The van der Waals surface area contributed by atoms with E-state index in [0.29, 0.717) is 17.6 Å². The van der Waals surface area contributed by atoms with Crippen LogP contribution in [0.4, 0.5) is 22.2 Å². The smallest absolute Gasteiger partial charge is 0.231 e. The Morgan fingerprint density at radius 2 is 1.72 bits per heavy atom. The lowest BCUT2D eigenvalue weighted by atomic mass is 10.2. The third kappa shape index (κ3) is 4.72. The Bertz CT molecular complexity index is 1110. The van der Waals surface area contributed by atoms with Crippen LogP contribution in [0.15, 0.2) is 83.0 Å². The Kier molecular flexibility index (Phi) is 6.03. The Labute approximate surface area is 178 Å². The number of anilines is 2. The topological polar surface area (TPSA) is 50.1 Å². The summed E-state index contributed by atoms with van der Waals surface area (Å²) in [7, 11) is 2.04. The van der Waals surface area contributed by atoms with Crippen LogP contribution < -0.4 is 9.64 Å². The summed E-state index contributed by atoms with van der Waals surface area (Å²) in [6.45, 7) is 0.480. The van der Waals surface area contributed by atoms with E-state index in [2.05, 4.69) is 32.2 Å². The number of nitrogens with zero attached hydrogens (tertiary/aromatic N) is 4. The monoisotopic (exact) mass is 422 g/mol. The molecule has 1 heterocycles. The normalized spacial score (nSPS) is 11.2. The van der Waals surface area contributed by atoms with Crippen LogP contribution in [0.3, 0.4) is 0 Å². The Hall–Kier alpha value is -2.96. The highest BCUT2D eigenvalue weighted by atomic mass is 35.5. The molecule has 0 spiro atoms. The summed E-state index contributed by atoms with van der Waals surface area (Å²) in [5.41, 5.74) is 3.87. The first-order chi connectivity index (χ1) is 14.2. The molecule has 3 aromatic carbocycles. The van der Waals surface area contributed by atoms with E-state index in [4.69, 9.17) is 16.3 Å². The number of halogens is 1. The van der Waals surface area contributed by atoms with Crippen molar-refractivity contribution < 1.29 is 4.74 Å². The second-order valence-corrected chi connectivity index (χ2v) is 7.66. The van der Waals surface area contributed by atoms with Crippen molar-refractivity contribution in [2.75, 3.05) is 24.4 Å². The molecule has 5 nitrogen and oxygen atoms in total. The fraction of sp³-hybridized carbons (Fsp3) is 0.136. The number of hydrogen-bond donors (Lipinski definition) is 0. The van der Waals surface area contributed by atoms with Crippen LogP contribution in [0.5, 0.6) is 5.75 Å². The number of azo groups is 1. The molecule has 0 bridgehead atoms. The first kappa shape index (κ1) is 19.4. The van der Waals surface area contributed by atoms with Gasteiger partial charge in [0, 0.05) is 18.4 Å². The van der Waals surface area contributed by atoms with Crippen molar-refractivity contribution in [3.05, 3.63) is 72.8 Å². The molecule has 4 rings (SSSR count). The van der Waals surface area contributed by atoms with Gasteiger partial charge in [-0.3, -0.25) is 0 Å². The number of benzene rings is 3. The standard InChI is InChI=1S/C22H19ClN4OS/c1-27(17-5-3-2-4-6-17)18-9-7-16(8-10-18)25-26-22-24-20-12-11-19(28-14-13-23)15-21(20)29-22/h2-12,15H,13-14H2,1H3. The van der Waals surface area contributed by atoms with Crippen molar-refractivity contribution in [1.82, 2.24) is 4.98 Å². The molecule has 7 heteroatoms. The van der Waals surface area contributed by atoms with Gasteiger partial charge < -0.3 is 9.64 Å². The maximum atomic E-state index is 5.67. The molecular formula is C22H19ClN4OS. The zero-order valence-corrected chi connectivity index (χ0v) is 17.4. The number of para-hydroxylation sites is 1. The van der Waals surface area contributed by atoms with Gasteiger partial charge in [-0.25, -0.2) is 4.98 Å². The van der Waals surface area contributed by atoms with E-state index >= 15 is 0 Å². The summed E-state index contributed by atoms with van der Waals surface area (Å²) < 4.78 is 6.56. The molecule has 0 unspecified atom stereocenters. The quantitative estimate of drug-likeness (QED) is 0.236. The molecule has 0 aliphatic rings. The van der Waals surface area contributed by atoms with E-state index in [1.165, 1.54) is 11.3 Å². The maximum absolute atomic E-state index is 5.67. The van der Waals surface area contributed by atoms with Crippen LogP contribution in [-0.2, 0) is 0 Å². The lowest BCUT2D eigenvalue weighted by molar-refractivity contribution is 0.343. The van der Waals surface area contributed by atoms with Gasteiger partial charge in [0.25, 0.3) is 0 Å². The summed E-state index contributed by atoms with van der Waals surface area (Å²) >= 11 is 7.14. The molecule has 0 fully saturated rings. The van der Waals surface area contributed by atoms with Crippen molar-refractivity contribution in [1.29, 1.82) is 0 Å². The number of thiazole rings is 1. The van der Waals surface area contributed by atoms with Crippen LogP contribution in [-0.4, -0.2) is 24.5 Å². The van der Waals surface area contributed by atoms with Crippen LogP contribution in [0.1, 0.15) is 0 Å². The second-order valence-electron chi connectivity index (χ2n) is 6.27. The van der Waals surface area contributed by atoms with Gasteiger partial charge in [0.15, 0.2) is 0 Å². The minimum absolute atomic E-state index is 0.458. The predicted molar refractivity (Wildman–Crippen MR) is 121 cm³/mol. The molecular weight excluding hydrogens is 404 g/mol. The van der Waals surface area contributed by atoms with Crippen molar-refractivity contribution >= 4 is 55.3 Å². The summed E-state index contributed by atoms with van der Waals surface area (Å²) in [6, 6.07) is 23.9. The number of alkyl halides is 1. The van der Waals surface area contributed by atoms with Crippen LogP contribution in [0.2, 0.25) is 0 Å². The minimum atomic E-state index is 0.458. The first-order valence-electron chi connectivity index (χ1n) is 9.13. The van der Waals surface area contributed by atoms with Crippen LogP contribution >= 0.6 is 22.9 Å². The first-order valence-corrected chi connectivity index (χ1v) is 10.5. The lowest BCUT2D eigenvalue weighted by Gasteiger charge is -2.19. The summed E-state index contributed by atoms with van der Waals surface area (Å²) in [5.74, 6) is 1.24. The third-order valence-corrected chi connectivity index (χ3v) is 5.38. The van der Waals surface area contributed by atoms with Crippen molar-refractivity contribution in [2.45, 2.75) is 0 Å². The Morgan fingerprint density at radius 3 is 2.48 bits per heavy atom. The fourth-order valence-electron chi connectivity index (χ4n) is 2.83. The Balaban J connectivity index is 1.47. The highest BCUT2D eigenvalue weighted by Crippen LogP contribution is 2.32. The zero-order valence-electron chi connectivity index (χ0n) is 15.8. The summed E-state index contributed by atoms with van der Waals surface area (Å²) in [6.07, 6.45) is 0. The molecule has 0 N–H and O–H groups in total. The molecule has 0 atom stereocenters. The molecule has 4 aromatic rings. The van der Waals surface area contributed by atoms with Gasteiger partial charge in [0.2, 0.25) is 5.13 Å². The number of fused-ring (bicyclic) bond motifs is 1. The number of ether oxygens (including phenoxy) is 1. The van der Waals surface area contributed by atoms with E-state index in [9.17, 15) is 0 Å². The van der Waals surface area contributed by atoms with Gasteiger partial charge in [-0.1, -0.05) is 29.5 Å². The molecule has 146 valence electrons. The van der Waals surface area contributed by atoms with Gasteiger partial charge in [-0.2, -0.15) is 0 Å². The minimum Gasteiger partial charge on any atom is -0.492 e. The SMILES string of the molecule is CN(c1ccccc1)c1ccc(N=Nc2nc3ccc(OCCCl)cc3s2)cc1.